The van der Waals surface area contributed by atoms with E-state index in [4.69, 9.17) is 5.11 Å². The van der Waals surface area contributed by atoms with Crippen LogP contribution in [-0.2, 0) is 6.54 Å². The van der Waals surface area contributed by atoms with Crippen molar-refractivity contribution in [3.63, 3.8) is 0 Å². The van der Waals surface area contributed by atoms with Crippen LogP contribution in [0.1, 0.15) is 22.1 Å². The highest BCUT2D eigenvalue weighted by Crippen LogP contribution is 2.23. The minimum atomic E-state index is -1.05. The van der Waals surface area contributed by atoms with Crippen LogP contribution in [0.25, 0.3) is 0 Å². The average molecular weight is 338 g/mol. The molecule has 1 aliphatic heterocycles. The second-order valence-electron chi connectivity index (χ2n) is 4.75. The Morgan fingerprint density at radius 1 is 1.45 bits per heavy atom. The molecule has 2 aromatic rings. The van der Waals surface area contributed by atoms with Crippen LogP contribution in [0.15, 0.2) is 29.1 Å². The second kappa shape index (κ2) is 5.29. The SMILES string of the molecule is O=C(O)c1cn(C2CN(Cc3cncc(Br)c3)C2)nn1. The lowest BCUT2D eigenvalue weighted by molar-refractivity contribution is 0.0690. The molecule has 2 aromatic heterocycles. The number of likely N-dealkylation sites (tertiary alicyclic amines) is 1. The molecule has 8 heteroatoms. The van der Waals surface area contributed by atoms with Gasteiger partial charge in [0.2, 0.25) is 0 Å². The Bertz CT molecular complexity index is 638. The van der Waals surface area contributed by atoms with Crippen molar-refractivity contribution in [2.75, 3.05) is 13.1 Å². The minimum absolute atomic E-state index is 0.0142. The van der Waals surface area contributed by atoms with Crippen molar-refractivity contribution in [1.82, 2.24) is 24.9 Å². The van der Waals surface area contributed by atoms with E-state index in [9.17, 15) is 4.79 Å². The van der Waals surface area contributed by atoms with Crippen molar-refractivity contribution in [1.29, 1.82) is 0 Å². The second-order valence-corrected chi connectivity index (χ2v) is 5.66. The quantitative estimate of drug-likeness (QED) is 0.902. The normalized spacial score (nSPS) is 16.1. The number of nitrogens with zero attached hydrogens (tertiary/aromatic N) is 5. The van der Waals surface area contributed by atoms with Crippen LogP contribution < -0.4 is 0 Å². The average Bonchev–Trinajstić information content (AvgIpc) is 2.82. The summed E-state index contributed by atoms with van der Waals surface area (Å²) in [7, 11) is 0. The topological polar surface area (TPSA) is 84.1 Å². The fraction of sp³-hybridized carbons (Fsp3) is 0.333. The van der Waals surface area contributed by atoms with E-state index in [1.807, 2.05) is 12.3 Å². The summed E-state index contributed by atoms with van der Waals surface area (Å²) in [6, 6.07) is 2.23. The molecule has 20 heavy (non-hydrogen) atoms. The summed E-state index contributed by atoms with van der Waals surface area (Å²) in [6.07, 6.45) is 5.08. The van der Waals surface area contributed by atoms with Gasteiger partial charge in [0.05, 0.1) is 12.2 Å². The van der Waals surface area contributed by atoms with Crippen molar-refractivity contribution < 1.29 is 9.90 Å². The van der Waals surface area contributed by atoms with Crippen molar-refractivity contribution in [2.24, 2.45) is 0 Å². The smallest absolute Gasteiger partial charge is 0.358 e. The summed E-state index contributed by atoms with van der Waals surface area (Å²) in [5.74, 6) is -1.05. The van der Waals surface area contributed by atoms with E-state index in [1.165, 1.54) is 6.20 Å². The number of halogens is 1. The van der Waals surface area contributed by atoms with Gasteiger partial charge in [-0.3, -0.25) is 9.88 Å². The molecule has 1 saturated heterocycles. The van der Waals surface area contributed by atoms with Gasteiger partial charge >= 0.3 is 5.97 Å². The maximum absolute atomic E-state index is 10.7. The molecular weight excluding hydrogens is 326 g/mol. The van der Waals surface area contributed by atoms with E-state index in [0.29, 0.717) is 0 Å². The number of carbonyl (C=O) groups is 1. The highest BCUT2D eigenvalue weighted by Gasteiger charge is 2.29. The van der Waals surface area contributed by atoms with Crippen molar-refractivity contribution in [3.05, 3.63) is 40.4 Å². The number of rotatable bonds is 4. The molecule has 3 heterocycles. The number of aromatic carboxylic acids is 1. The van der Waals surface area contributed by atoms with Crippen LogP contribution in [0, 0.1) is 0 Å². The lowest BCUT2D eigenvalue weighted by atomic mass is 10.1. The van der Waals surface area contributed by atoms with Crippen LogP contribution in [0.3, 0.4) is 0 Å². The van der Waals surface area contributed by atoms with E-state index in [0.717, 1.165) is 29.7 Å². The zero-order valence-electron chi connectivity index (χ0n) is 10.5. The number of hydrogen-bond donors (Lipinski definition) is 1. The Morgan fingerprint density at radius 3 is 2.90 bits per heavy atom. The number of carboxylic acids is 1. The predicted molar refractivity (Wildman–Crippen MR) is 73.2 cm³/mol. The zero-order valence-corrected chi connectivity index (χ0v) is 12.1. The molecule has 3 rings (SSSR count). The molecule has 0 radical (unpaired) electrons. The fourth-order valence-corrected chi connectivity index (χ4v) is 2.60. The standard InChI is InChI=1S/C12H12BrN5O2/c13-9-1-8(2-14-3-9)4-17-5-10(6-17)18-7-11(12(19)20)15-16-18/h1-3,7,10H,4-6H2,(H,19,20). The summed E-state index contributed by atoms with van der Waals surface area (Å²) >= 11 is 3.40. The third kappa shape index (κ3) is 2.70. The largest absolute Gasteiger partial charge is 0.476 e. The van der Waals surface area contributed by atoms with E-state index >= 15 is 0 Å². The molecule has 1 aliphatic rings. The monoisotopic (exact) mass is 337 g/mol. The Morgan fingerprint density at radius 2 is 2.25 bits per heavy atom. The molecule has 0 bridgehead atoms. The number of carboxylic acid groups (broad SMARTS) is 1. The molecule has 1 N–H and O–H groups in total. The first-order valence-electron chi connectivity index (χ1n) is 6.09. The molecule has 0 saturated carbocycles. The number of hydrogen-bond acceptors (Lipinski definition) is 5. The third-order valence-corrected chi connectivity index (χ3v) is 3.64. The molecule has 0 atom stereocenters. The van der Waals surface area contributed by atoms with E-state index < -0.39 is 5.97 Å². The van der Waals surface area contributed by atoms with E-state index in [1.54, 1.807) is 10.9 Å². The Kier molecular flexibility index (Phi) is 3.49. The van der Waals surface area contributed by atoms with Crippen molar-refractivity contribution in [2.45, 2.75) is 12.6 Å². The van der Waals surface area contributed by atoms with Gasteiger partial charge in [-0.05, 0) is 27.6 Å². The lowest BCUT2D eigenvalue weighted by Gasteiger charge is -2.38. The van der Waals surface area contributed by atoms with Gasteiger partial charge in [0.1, 0.15) is 0 Å². The predicted octanol–water partition coefficient (Wildman–Crippen LogP) is 1.19. The van der Waals surface area contributed by atoms with Gasteiger partial charge in [-0.1, -0.05) is 5.21 Å². The Balaban J connectivity index is 1.57. The summed E-state index contributed by atoms with van der Waals surface area (Å²) in [4.78, 5) is 17.1. The van der Waals surface area contributed by atoms with Gasteiger partial charge in [-0.25, -0.2) is 9.48 Å². The first-order chi connectivity index (χ1) is 9.61. The summed E-state index contributed by atoms with van der Waals surface area (Å²) in [5, 5.41) is 16.3. The molecule has 1 fully saturated rings. The van der Waals surface area contributed by atoms with Gasteiger partial charge < -0.3 is 5.11 Å². The summed E-state index contributed by atoms with van der Waals surface area (Å²) in [5.41, 5.74) is 1.13. The summed E-state index contributed by atoms with van der Waals surface area (Å²) in [6.45, 7) is 2.48. The third-order valence-electron chi connectivity index (χ3n) is 3.21. The zero-order chi connectivity index (χ0) is 14.1. The number of pyridine rings is 1. The van der Waals surface area contributed by atoms with Crippen molar-refractivity contribution in [3.8, 4) is 0 Å². The van der Waals surface area contributed by atoms with Gasteiger partial charge in [-0.15, -0.1) is 5.10 Å². The van der Waals surface area contributed by atoms with Gasteiger partial charge in [0.15, 0.2) is 5.69 Å². The van der Waals surface area contributed by atoms with Gasteiger partial charge in [-0.2, -0.15) is 0 Å². The molecule has 0 spiro atoms. The molecule has 7 nitrogen and oxygen atoms in total. The van der Waals surface area contributed by atoms with Crippen LogP contribution in [0.5, 0.6) is 0 Å². The van der Waals surface area contributed by atoms with Crippen LogP contribution in [0.2, 0.25) is 0 Å². The minimum Gasteiger partial charge on any atom is -0.476 e. The molecular formula is C12H12BrN5O2. The Labute approximate surface area is 123 Å². The number of aromatic nitrogens is 4. The fourth-order valence-electron chi connectivity index (χ4n) is 2.19. The molecule has 104 valence electrons. The van der Waals surface area contributed by atoms with Gasteiger partial charge in [0.25, 0.3) is 0 Å². The van der Waals surface area contributed by atoms with E-state index in [2.05, 4.69) is 36.1 Å². The van der Waals surface area contributed by atoms with Crippen molar-refractivity contribution >= 4 is 21.9 Å². The van der Waals surface area contributed by atoms with Gasteiger partial charge in [0, 0.05) is 36.5 Å². The van der Waals surface area contributed by atoms with Crippen LogP contribution >= 0.6 is 15.9 Å². The maximum Gasteiger partial charge on any atom is 0.358 e. The highest BCUT2D eigenvalue weighted by atomic mass is 79.9. The van der Waals surface area contributed by atoms with E-state index in [-0.39, 0.29) is 11.7 Å². The molecule has 0 unspecified atom stereocenters. The first-order valence-corrected chi connectivity index (χ1v) is 6.88. The molecule has 0 aromatic carbocycles. The molecule has 0 amide bonds. The molecule has 0 aliphatic carbocycles. The lowest BCUT2D eigenvalue weighted by Crippen LogP contribution is -2.47. The first kappa shape index (κ1) is 13.2. The maximum atomic E-state index is 10.7. The summed E-state index contributed by atoms with van der Waals surface area (Å²) < 4.78 is 2.59. The highest BCUT2D eigenvalue weighted by molar-refractivity contribution is 9.10. The Hall–Kier alpha value is -1.80. The van der Waals surface area contributed by atoms with Crippen LogP contribution in [-0.4, -0.2) is 49.0 Å². The van der Waals surface area contributed by atoms with Crippen LogP contribution in [0.4, 0.5) is 0 Å².